The van der Waals surface area contributed by atoms with E-state index < -0.39 is 30.7 Å². The molecule has 220 valence electrons. The fourth-order valence-electron chi connectivity index (χ4n) is 5.68. The number of likely N-dealkylation sites (N-methyl/N-ethyl adjacent to an activating group) is 1. The van der Waals surface area contributed by atoms with Gasteiger partial charge in [-0.2, -0.15) is 15.2 Å². The first kappa shape index (κ1) is 28.5. The lowest BCUT2D eigenvalue weighted by molar-refractivity contribution is 0.0864. The third-order valence-electron chi connectivity index (χ3n) is 7.63. The van der Waals surface area contributed by atoms with Crippen LogP contribution in [0.2, 0.25) is 5.02 Å². The second-order valence-corrected chi connectivity index (χ2v) is 11.6. The monoisotopic (exact) mass is 620 g/mol. The predicted molar refractivity (Wildman–Crippen MR) is 154 cm³/mol. The van der Waals surface area contributed by atoms with Gasteiger partial charge in [-0.3, -0.25) is 0 Å². The number of nitrogens with two attached hydrogens (primary N) is 1. The van der Waals surface area contributed by atoms with Crippen LogP contribution in [0.5, 0.6) is 11.8 Å². The summed E-state index contributed by atoms with van der Waals surface area (Å²) in [5, 5.41) is 12.8. The molecule has 0 fully saturated rings. The molecule has 2 aromatic heterocycles. The van der Waals surface area contributed by atoms with Gasteiger partial charge in [0, 0.05) is 24.0 Å². The first-order valence-corrected chi connectivity index (χ1v) is 14.6. The summed E-state index contributed by atoms with van der Waals surface area (Å²) in [6.45, 7) is 0.229. The summed E-state index contributed by atoms with van der Waals surface area (Å²) in [5.74, 6) is -1.62. The Kier molecular flexibility index (Phi) is 7.63. The first-order chi connectivity index (χ1) is 20.2. The van der Waals surface area contributed by atoms with E-state index in [1.807, 2.05) is 6.07 Å². The van der Waals surface area contributed by atoms with E-state index in [9.17, 15) is 18.4 Å². The molecule has 4 heterocycles. The molecular formula is C28H25ClF4N6O2S. The number of benzene rings is 2. The molecule has 6 rings (SSSR count). The molecule has 0 aliphatic carbocycles. The third-order valence-corrected chi connectivity index (χ3v) is 9.02. The van der Waals surface area contributed by atoms with Crippen LogP contribution < -0.4 is 25.4 Å². The number of hydrogen-bond acceptors (Lipinski definition) is 9. The molecule has 0 saturated heterocycles. The molecule has 0 radical (unpaired) electrons. The minimum absolute atomic E-state index is 0.0310. The number of fused-ring (bicyclic) bond motifs is 2. The first-order valence-electron chi connectivity index (χ1n) is 13.4. The Labute approximate surface area is 247 Å². The van der Waals surface area contributed by atoms with Crippen molar-refractivity contribution in [3.63, 3.8) is 0 Å². The Morgan fingerprint density at radius 2 is 2.05 bits per heavy atom. The van der Waals surface area contributed by atoms with Crippen LogP contribution >= 0.6 is 22.9 Å². The van der Waals surface area contributed by atoms with Crippen molar-refractivity contribution in [2.24, 2.45) is 0 Å². The summed E-state index contributed by atoms with van der Waals surface area (Å²) >= 11 is 7.69. The molecule has 2 aliphatic rings. The van der Waals surface area contributed by atoms with Gasteiger partial charge >= 0.3 is 6.01 Å². The second-order valence-electron chi connectivity index (χ2n) is 10.2. The van der Waals surface area contributed by atoms with E-state index in [1.165, 1.54) is 11.0 Å². The van der Waals surface area contributed by atoms with Gasteiger partial charge in [0.2, 0.25) is 0 Å². The zero-order chi connectivity index (χ0) is 29.7. The zero-order valence-electron chi connectivity index (χ0n) is 22.3. The fraction of sp³-hybridized carbons (Fsp3) is 0.393. The lowest BCUT2D eigenvalue weighted by atomic mass is 9.96. The average molecular weight is 621 g/mol. The van der Waals surface area contributed by atoms with E-state index in [0.717, 1.165) is 30.2 Å². The molecule has 1 unspecified atom stereocenters. The number of nitrogen functional groups attached to an aromatic ring is 1. The normalized spacial score (nSPS) is 19.0. The highest BCUT2D eigenvalue weighted by molar-refractivity contribution is 7.23. The van der Waals surface area contributed by atoms with Crippen molar-refractivity contribution in [2.75, 3.05) is 37.4 Å². The van der Waals surface area contributed by atoms with Crippen molar-refractivity contribution in [3.8, 4) is 29.0 Å². The molecule has 2 bridgehead atoms. The number of rotatable bonds is 4. The van der Waals surface area contributed by atoms with Crippen LogP contribution in [0.3, 0.4) is 0 Å². The molecule has 3 N–H and O–H groups in total. The van der Waals surface area contributed by atoms with Crippen LogP contribution in [0, 0.1) is 23.0 Å². The summed E-state index contributed by atoms with van der Waals surface area (Å²) in [6.07, 6.45) is -0.380. The van der Waals surface area contributed by atoms with Gasteiger partial charge in [0.25, 0.3) is 6.43 Å². The second kappa shape index (κ2) is 11.2. The van der Waals surface area contributed by atoms with Crippen molar-refractivity contribution in [2.45, 2.75) is 44.3 Å². The summed E-state index contributed by atoms with van der Waals surface area (Å²) in [4.78, 5) is 10.3. The Bertz CT molecular complexity index is 1750. The summed E-state index contributed by atoms with van der Waals surface area (Å²) < 4.78 is 72.6. The zero-order valence-corrected chi connectivity index (χ0v) is 23.9. The molecule has 2 atom stereocenters. The maximum absolute atomic E-state index is 16.8. The Balaban J connectivity index is 1.69. The minimum Gasteiger partial charge on any atom is -0.489 e. The van der Waals surface area contributed by atoms with Crippen molar-refractivity contribution < 1.29 is 27.0 Å². The van der Waals surface area contributed by atoms with E-state index in [4.69, 9.17) is 26.8 Å². The van der Waals surface area contributed by atoms with E-state index in [1.54, 1.807) is 7.05 Å². The largest absolute Gasteiger partial charge is 0.489 e. The highest BCUT2D eigenvalue weighted by Crippen LogP contribution is 2.51. The number of nitrogens with zero attached hydrogens (tertiary/aromatic N) is 4. The average Bonchev–Trinajstić information content (AvgIpc) is 3.19. The molecule has 42 heavy (non-hydrogen) atoms. The highest BCUT2D eigenvalue weighted by Gasteiger charge is 2.38. The van der Waals surface area contributed by atoms with Crippen molar-refractivity contribution in [3.05, 3.63) is 34.4 Å². The van der Waals surface area contributed by atoms with Crippen LogP contribution in [-0.2, 0) is 0 Å². The third kappa shape index (κ3) is 4.62. The van der Waals surface area contributed by atoms with Gasteiger partial charge in [-0.05, 0) is 37.9 Å². The number of aromatic nitrogens is 2. The van der Waals surface area contributed by atoms with Crippen LogP contribution in [0.4, 0.5) is 28.4 Å². The van der Waals surface area contributed by atoms with Gasteiger partial charge in [-0.15, -0.1) is 11.3 Å². The van der Waals surface area contributed by atoms with Gasteiger partial charge in [0.05, 0.1) is 20.7 Å². The molecule has 14 heteroatoms. The summed E-state index contributed by atoms with van der Waals surface area (Å²) in [7, 11) is 1.77. The van der Waals surface area contributed by atoms with Crippen molar-refractivity contribution in [1.29, 1.82) is 5.26 Å². The molecule has 4 aromatic rings. The Hall–Kier alpha value is -3.60. The van der Waals surface area contributed by atoms with E-state index in [0.29, 0.717) is 19.4 Å². The van der Waals surface area contributed by atoms with Gasteiger partial charge in [0.15, 0.2) is 11.6 Å². The van der Waals surface area contributed by atoms with Gasteiger partial charge in [-0.25, -0.2) is 17.6 Å². The number of anilines is 2. The smallest absolute Gasteiger partial charge is 0.319 e. The number of nitriles is 1. The predicted octanol–water partition coefficient (Wildman–Crippen LogP) is 6.27. The number of ether oxygens (including phenoxy) is 2. The SMILES string of the molecule is CNCC1CCCCCN2c3nc(nc4c(F)c(-c5ccc(F)c6sc(N)c(C#N)c56)c(Cl)c(c34)OC[C@@H]2C(F)F)O1. The lowest BCUT2D eigenvalue weighted by Crippen LogP contribution is -2.45. The molecule has 0 spiro atoms. The van der Waals surface area contributed by atoms with Gasteiger partial charge in [-0.1, -0.05) is 24.1 Å². The Morgan fingerprint density at radius 1 is 1.24 bits per heavy atom. The standard InChI is InChI=1S/C28H25ClF4N6O2S/c1-36-10-12-5-3-2-4-8-39-16(25(32)33)11-40-23-19-22(37-28(41-12)38-27(19)39)21(31)18(20(23)29)13-6-7-15(30)24-17(13)14(9-34)26(35)42-24/h6-7,12,16,25,36H,2-5,8,10-11,35H2,1H3/t12?,16-/m1/s1. The molecule has 0 saturated carbocycles. The topological polar surface area (TPSA) is 109 Å². The maximum Gasteiger partial charge on any atom is 0.319 e. The van der Waals surface area contributed by atoms with Crippen molar-refractivity contribution >= 4 is 54.7 Å². The van der Waals surface area contributed by atoms with Crippen LogP contribution in [0.25, 0.3) is 32.1 Å². The number of nitrogens with one attached hydrogen (secondary N) is 1. The van der Waals surface area contributed by atoms with E-state index in [-0.39, 0.29) is 77.9 Å². The number of alkyl halides is 2. The summed E-state index contributed by atoms with van der Waals surface area (Å²) in [5.41, 5.74) is 5.57. The highest BCUT2D eigenvalue weighted by atomic mass is 35.5. The minimum atomic E-state index is -2.82. The lowest BCUT2D eigenvalue weighted by Gasteiger charge is -2.30. The number of halogens is 5. The maximum atomic E-state index is 16.8. The number of hydrogen-bond donors (Lipinski definition) is 2. The number of thiophene rings is 1. The van der Waals surface area contributed by atoms with Crippen molar-refractivity contribution in [1.82, 2.24) is 15.3 Å². The van der Waals surface area contributed by atoms with Crippen LogP contribution in [-0.4, -0.2) is 55.3 Å². The van der Waals surface area contributed by atoms with Crippen LogP contribution in [0.1, 0.15) is 31.2 Å². The van der Waals surface area contributed by atoms with Gasteiger partial charge in [0.1, 0.15) is 47.0 Å². The molecule has 2 aromatic carbocycles. The van der Waals surface area contributed by atoms with E-state index in [2.05, 4.69) is 15.3 Å². The molecule has 8 nitrogen and oxygen atoms in total. The van der Waals surface area contributed by atoms with E-state index >= 15 is 4.39 Å². The summed E-state index contributed by atoms with van der Waals surface area (Å²) in [6, 6.07) is 2.80. The fourth-order valence-corrected chi connectivity index (χ4v) is 6.97. The molecule has 0 amide bonds. The Morgan fingerprint density at radius 3 is 2.79 bits per heavy atom. The van der Waals surface area contributed by atoms with Crippen LogP contribution in [0.15, 0.2) is 12.1 Å². The molecule has 2 aliphatic heterocycles. The van der Waals surface area contributed by atoms with Gasteiger partial charge < -0.3 is 25.4 Å². The molecular weight excluding hydrogens is 596 g/mol. The quantitative estimate of drug-likeness (QED) is 0.257.